The van der Waals surface area contributed by atoms with Crippen LogP contribution in [0.1, 0.15) is 131 Å². The molecule has 8 aliphatic rings. The molecule has 53 heavy (non-hydrogen) atoms. The molecule has 2 unspecified atom stereocenters. The van der Waals surface area contributed by atoms with Crippen LogP contribution in [0.5, 0.6) is 0 Å². The van der Waals surface area contributed by atoms with Crippen LogP contribution >= 0.6 is 0 Å². The van der Waals surface area contributed by atoms with E-state index in [2.05, 4.69) is 63.5 Å². The zero-order valence-electron chi connectivity index (χ0n) is 34.9. The van der Waals surface area contributed by atoms with Crippen molar-refractivity contribution in [3.63, 3.8) is 0 Å². The summed E-state index contributed by atoms with van der Waals surface area (Å²) in [7, 11) is 0. The molecule has 4 heterocycles. The van der Waals surface area contributed by atoms with Crippen LogP contribution in [0.4, 0.5) is 0 Å². The zero-order chi connectivity index (χ0) is 36.9. The van der Waals surface area contributed by atoms with Crippen LogP contribution in [0.15, 0.2) is 23.5 Å². The third-order valence-electron chi connectivity index (χ3n) is 15.3. The lowest BCUT2D eigenvalue weighted by molar-refractivity contribution is -0.873. The smallest absolute Gasteiger partial charge is 0.179 e. The number of hydrogen-bond acceptors (Lipinski definition) is 6. The van der Waals surface area contributed by atoms with Gasteiger partial charge in [0.25, 0.3) is 0 Å². The molecule has 4 saturated heterocycles. The van der Waals surface area contributed by atoms with Crippen LogP contribution in [0.3, 0.4) is 0 Å². The molecule has 3 spiro atoms. The second kappa shape index (κ2) is 15.5. The topological polar surface area (TPSA) is 52.3 Å². The Bertz CT molecular complexity index is 1200. The van der Waals surface area contributed by atoms with E-state index in [0.29, 0.717) is 49.3 Å². The van der Waals surface area contributed by atoms with E-state index in [9.17, 15) is 0 Å². The molecular weight excluding hydrogens is 661 g/mol. The average Bonchev–Trinajstić information content (AvgIpc) is 4.10. The molecule has 6 fully saturated rings. The highest BCUT2D eigenvalue weighted by molar-refractivity contribution is 5.13. The SMILES string of the molecule is CCCN(CC1CC1)C1C=C([NH+]2CCC3(CC2)OCC2(CO3)COC3(CC[NH+](C4=CC(N(CCC)CC5CC5)C(C)(C)CC4)CC3)OC2)CCC1(C)C. The summed E-state index contributed by atoms with van der Waals surface area (Å²) in [6, 6.07) is 1.12. The van der Waals surface area contributed by atoms with Gasteiger partial charge in [-0.3, -0.25) is 9.80 Å². The highest BCUT2D eigenvalue weighted by atomic mass is 16.7. The van der Waals surface area contributed by atoms with Gasteiger partial charge in [0.15, 0.2) is 11.6 Å². The molecule has 4 aliphatic heterocycles. The van der Waals surface area contributed by atoms with Gasteiger partial charge in [-0.2, -0.15) is 0 Å². The van der Waals surface area contributed by atoms with E-state index in [1.165, 1.54) is 90.4 Å². The van der Waals surface area contributed by atoms with E-state index in [1.807, 2.05) is 0 Å². The number of nitrogens with zero attached hydrogens (tertiary/aromatic N) is 2. The highest BCUT2D eigenvalue weighted by Crippen LogP contribution is 2.44. The minimum Gasteiger partial charge on any atom is -0.349 e. The molecule has 2 saturated carbocycles. The van der Waals surface area contributed by atoms with Crippen LogP contribution in [0.25, 0.3) is 0 Å². The maximum absolute atomic E-state index is 6.74. The number of ether oxygens (including phenoxy) is 4. The summed E-state index contributed by atoms with van der Waals surface area (Å²) in [5.41, 5.74) is 3.79. The fourth-order valence-electron chi connectivity index (χ4n) is 11.1. The summed E-state index contributed by atoms with van der Waals surface area (Å²) in [6.45, 7) is 26.9. The zero-order valence-corrected chi connectivity index (χ0v) is 34.9. The number of allylic oxidation sites excluding steroid dienone is 2. The standard InChI is InChI=1S/C45H76N4O4/c1-7-21-48(29-35-9-10-35)39-27-37(13-15-41(39,3)4)46-23-17-44(18-24-46)50-31-43(32-51-44)33-52-45(53-34-43)19-25-47(26-20-45)38-14-16-42(5,6)40(28-38)49(22-8-2)30-36-11-12-36/h27-28,35-36,39-40H,7-26,29-34H2,1-6H3/p+2. The number of likely N-dealkylation sites (tertiary alicyclic amines) is 2. The Morgan fingerprint density at radius 3 is 1.25 bits per heavy atom. The Balaban J connectivity index is 0.815. The molecular formula is C45H78N4O4+2. The van der Waals surface area contributed by atoms with Crippen molar-refractivity contribution in [3.05, 3.63) is 23.5 Å². The van der Waals surface area contributed by atoms with E-state index < -0.39 is 11.6 Å². The average molecular weight is 739 g/mol. The monoisotopic (exact) mass is 739 g/mol. The molecule has 0 bridgehead atoms. The number of rotatable bonds is 12. The van der Waals surface area contributed by atoms with Gasteiger partial charge in [0.2, 0.25) is 0 Å². The Morgan fingerprint density at radius 2 is 0.925 bits per heavy atom. The molecule has 0 aromatic heterocycles. The van der Waals surface area contributed by atoms with Crippen LogP contribution in [-0.4, -0.2) is 112 Å². The van der Waals surface area contributed by atoms with E-state index in [0.717, 1.165) is 63.7 Å². The molecule has 2 atom stereocenters. The number of piperidine rings is 2. The molecule has 0 aromatic rings. The minimum atomic E-state index is -0.432. The Kier molecular flexibility index (Phi) is 11.4. The third kappa shape index (κ3) is 8.71. The lowest BCUT2D eigenvalue weighted by Gasteiger charge is -2.53. The fraction of sp³-hybridized carbons (Fsp3) is 0.911. The summed E-state index contributed by atoms with van der Waals surface area (Å²) < 4.78 is 26.9. The number of nitrogens with one attached hydrogen (secondary N) is 2. The van der Waals surface area contributed by atoms with Crippen LogP contribution in [-0.2, 0) is 18.9 Å². The first kappa shape index (κ1) is 39.0. The second-order valence-corrected chi connectivity index (χ2v) is 20.8. The maximum atomic E-state index is 6.74. The van der Waals surface area contributed by atoms with Gasteiger partial charge in [-0.05, 0) is 99.3 Å². The molecule has 0 radical (unpaired) electrons. The van der Waals surface area contributed by atoms with Gasteiger partial charge >= 0.3 is 0 Å². The minimum absolute atomic E-state index is 0.186. The summed E-state index contributed by atoms with van der Waals surface area (Å²) in [4.78, 5) is 9.01. The van der Waals surface area contributed by atoms with E-state index in [1.54, 1.807) is 21.2 Å². The second-order valence-electron chi connectivity index (χ2n) is 20.8. The van der Waals surface area contributed by atoms with Crippen molar-refractivity contribution in [3.8, 4) is 0 Å². The summed E-state index contributed by atoms with van der Waals surface area (Å²) in [5.74, 6) is 1.01. The molecule has 8 rings (SSSR count). The van der Waals surface area contributed by atoms with E-state index in [4.69, 9.17) is 18.9 Å². The van der Waals surface area contributed by atoms with Crippen molar-refractivity contribution < 1.29 is 28.7 Å². The van der Waals surface area contributed by atoms with Gasteiger partial charge in [0, 0.05) is 38.0 Å². The lowest BCUT2D eigenvalue weighted by Crippen LogP contribution is -3.12. The molecule has 2 N–H and O–H groups in total. The first-order valence-corrected chi connectivity index (χ1v) is 22.6. The molecule has 8 nitrogen and oxygen atoms in total. The van der Waals surface area contributed by atoms with Crippen molar-refractivity contribution in [2.45, 2.75) is 155 Å². The summed E-state index contributed by atoms with van der Waals surface area (Å²) in [5, 5.41) is 0. The lowest BCUT2D eigenvalue weighted by atomic mass is 9.74. The predicted molar refractivity (Wildman–Crippen MR) is 211 cm³/mol. The third-order valence-corrected chi connectivity index (χ3v) is 15.3. The van der Waals surface area contributed by atoms with Gasteiger partial charge in [-0.25, -0.2) is 0 Å². The van der Waals surface area contributed by atoms with Gasteiger partial charge in [0.1, 0.15) is 11.4 Å². The van der Waals surface area contributed by atoms with Gasteiger partial charge in [-0.1, -0.05) is 41.5 Å². The number of hydrogen-bond donors (Lipinski definition) is 2. The van der Waals surface area contributed by atoms with Crippen LogP contribution in [0.2, 0.25) is 0 Å². The van der Waals surface area contributed by atoms with E-state index >= 15 is 0 Å². The molecule has 8 heteroatoms. The van der Waals surface area contributed by atoms with Crippen molar-refractivity contribution in [1.82, 2.24) is 9.80 Å². The van der Waals surface area contributed by atoms with Gasteiger partial charge < -0.3 is 28.7 Å². The maximum Gasteiger partial charge on any atom is 0.179 e. The van der Waals surface area contributed by atoms with Crippen molar-refractivity contribution in [2.75, 3.05) is 78.8 Å². The normalized spacial score (nSPS) is 40.2. The Hall–Kier alpha value is -0.840. The summed E-state index contributed by atoms with van der Waals surface area (Å²) in [6.07, 6.45) is 22.5. The van der Waals surface area contributed by atoms with Gasteiger partial charge in [0.05, 0.1) is 83.7 Å². The molecule has 0 aromatic carbocycles. The quantitative estimate of drug-likeness (QED) is 0.287. The molecule has 300 valence electrons. The van der Waals surface area contributed by atoms with Crippen molar-refractivity contribution in [1.29, 1.82) is 0 Å². The Labute approximate surface area is 323 Å². The first-order chi connectivity index (χ1) is 25.4. The summed E-state index contributed by atoms with van der Waals surface area (Å²) >= 11 is 0. The van der Waals surface area contributed by atoms with Crippen LogP contribution in [0, 0.1) is 28.1 Å². The number of quaternary nitrogens is 2. The van der Waals surface area contributed by atoms with E-state index in [-0.39, 0.29) is 5.41 Å². The first-order valence-electron chi connectivity index (χ1n) is 22.6. The van der Waals surface area contributed by atoms with Crippen molar-refractivity contribution in [2.24, 2.45) is 28.1 Å². The Morgan fingerprint density at radius 1 is 0.566 bits per heavy atom. The largest absolute Gasteiger partial charge is 0.349 e. The molecule has 0 amide bonds. The van der Waals surface area contributed by atoms with Crippen molar-refractivity contribution >= 4 is 0 Å². The highest BCUT2D eigenvalue weighted by Gasteiger charge is 2.54. The molecule has 4 aliphatic carbocycles. The predicted octanol–water partition coefficient (Wildman–Crippen LogP) is 5.21. The van der Waals surface area contributed by atoms with Crippen LogP contribution < -0.4 is 9.80 Å². The van der Waals surface area contributed by atoms with Gasteiger partial charge in [-0.15, -0.1) is 0 Å². The fourth-order valence-corrected chi connectivity index (χ4v) is 11.1.